The monoisotopic (exact) mass is 255 g/mol. The molecule has 1 unspecified atom stereocenters. The Morgan fingerprint density at radius 1 is 1.05 bits per heavy atom. The summed E-state index contributed by atoms with van der Waals surface area (Å²) in [5.74, 6) is 0. The lowest BCUT2D eigenvalue weighted by Gasteiger charge is -2.13. The highest BCUT2D eigenvalue weighted by Crippen LogP contribution is 2.13. The molecule has 2 heteroatoms. The van der Waals surface area contributed by atoms with Crippen LogP contribution in [-0.2, 0) is 6.54 Å². The predicted molar refractivity (Wildman–Crippen MR) is 79.0 cm³/mol. The van der Waals surface area contributed by atoms with E-state index in [0.29, 0.717) is 6.54 Å². The zero-order valence-electron chi connectivity index (χ0n) is 11.6. The first kappa shape index (κ1) is 13.8. The van der Waals surface area contributed by atoms with Crippen molar-refractivity contribution >= 4 is 0 Å². The molecule has 0 aliphatic carbocycles. The number of rotatable bonds is 5. The van der Waals surface area contributed by atoms with Crippen LogP contribution in [0.3, 0.4) is 0 Å². The van der Waals surface area contributed by atoms with E-state index in [9.17, 15) is 5.11 Å². The average Bonchev–Trinajstić information content (AvgIpc) is 2.43. The SMILES string of the molecule is Cc1ccc(C)c(CNCC(O)c2ccccc2)c1. The standard InChI is InChI=1S/C17H21NO/c1-13-8-9-14(2)16(10-13)11-18-12-17(19)15-6-4-3-5-7-15/h3-10,17-19H,11-12H2,1-2H3. The number of nitrogens with one attached hydrogen (secondary N) is 1. The van der Waals surface area contributed by atoms with E-state index in [1.165, 1.54) is 16.7 Å². The van der Waals surface area contributed by atoms with Gasteiger partial charge < -0.3 is 10.4 Å². The van der Waals surface area contributed by atoms with Crippen LogP contribution in [0, 0.1) is 13.8 Å². The van der Waals surface area contributed by atoms with Gasteiger partial charge in [-0.25, -0.2) is 0 Å². The van der Waals surface area contributed by atoms with Gasteiger partial charge in [0.15, 0.2) is 0 Å². The van der Waals surface area contributed by atoms with Crippen molar-refractivity contribution in [2.45, 2.75) is 26.5 Å². The van der Waals surface area contributed by atoms with Crippen molar-refractivity contribution in [3.8, 4) is 0 Å². The Labute approximate surface area is 115 Å². The summed E-state index contributed by atoms with van der Waals surface area (Å²) >= 11 is 0. The first-order valence-electron chi connectivity index (χ1n) is 6.66. The highest BCUT2D eigenvalue weighted by molar-refractivity contribution is 5.30. The van der Waals surface area contributed by atoms with Gasteiger partial charge in [0, 0.05) is 13.1 Å². The summed E-state index contributed by atoms with van der Waals surface area (Å²) < 4.78 is 0. The maximum atomic E-state index is 10.1. The predicted octanol–water partition coefficient (Wildman–Crippen LogP) is 3.13. The van der Waals surface area contributed by atoms with E-state index in [2.05, 4.69) is 37.4 Å². The number of aliphatic hydroxyl groups excluding tert-OH is 1. The summed E-state index contributed by atoms with van der Waals surface area (Å²) in [5.41, 5.74) is 4.80. The molecule has 0 aliphatic rings. The zero-order chi connectivity index (χ0) is 13.7. The highest BCUT2D eigenvalue weighted by Gasteiger charge is 2.06. The molecule has 0 amide bonds. The van der Waals surface area contributed by atoms with Crippen LogP contribution in [0.5, 0.6) is 0 Å². The minimum absolute atomic E-state index is 0.452. The van der Waals surface area contributed by atoms with Crippen molar-refractivity contribution in [3.63, 3.8) is 0 Å². The summed E-state index contributed by atoms with van der Waals surface area (Å²) in [7, 11) is 0. The Morgan fingerprint density at radius 2 is 1.79 bits per heavy atom. The van der Waals surface area contributed by atoms with E-state index in [-0.39, 0.29) is 0 Å². The Bertz CT molecular complexity index is 522. The molecule has 0 spiro atoms. The van der Waals surface area contributed by atoms with Gasteiger partial charge in [-0.15, -0.1) is 0 Å². The number of hydrogen-bond donors (Lipinski definition) is 2. The molecule has 0 fully saturated rings. The number of aryl methyl sites for hydroxylation is 2. The van der Waals surface area contributed by atoms with Gasteiger partial charge in [-0.3, -0.25) is 0 Å². The molecule has 0 bridgehead atoms. The minimum atomic E-state index is -0.452. The second kappa shape index (κ2) is 6.50. The second-order valence-electron chi connectivity index (χ2n) is 4.99. The van der Waals surface area contributed by atoms with Crippen molar-refractivity contribution in [1.29, 1.82) is 0 Å². The normalized spacial score (nSPS) is 12.4. The van der Waals surface area contributed by atoms with E-state index in [4.69, 9.17) is 0 Å². The molecule has 1 atom stereocenters. The van der Waals surface area contributed by atoms with Crippen molar-refractivity contribution < 1.29 is 5.11 Å². The lowest BCUT2D eigenvalue weighted by atomic mass is 10.1. The van der Waals surface area contributed by atoms with E-state index >= 15 is 0 Å². The van der Waals surface area contributed by atoms with Gasteiger partial charge in [0.1, 0.15) is 0 Å². The molecule has 2 rings (SSSR count). The van der Waals surface area contributed by atoms with Crippen LogP contribution >= 0.6 is 0 Å². The summed E-state index contributed by atoms with van der Waals surface area (Å²) in [5, 5.41) is 13.4. The third-order valence-corrected chi connectivity index (χ3v) is 3.34. The van der Waals surface area contributed by atoms with E-state index in [0.717, 1.165) is 12.1 Å². The Hall–Kier alpha value is -1.64. The van der Waals surface area contributed by atoms with Gasteiger partial charge in [-0.05, 0) is 30.5 Å². The first-order chi connectivity index (χ1) is 9.16. The van der Waals surface area contributed by atoms with Crippen LogP contribution in [0.4, 0.5) is 0 Å². The molecule has 0 heterocycles. The van der Waals surface area contributed by atoms with Crippen LogP contribution in [0.1, 0.15) is 28.4 Å². The fourth-order valence-electron chi connectivity index (χ4n) is 2.13. The number of benzene rings is 2. The Balaban J connectivity index is 1.88. The molecule has 0 aromatic heterocycles. The molecule has 0 saturated carbocycles. The molecule has 0 aliphatic heterocycles. The molecular formula is C17H21NO. The molecule has 19 heavy (non-hydrogen) atoms. The summed E-state index contributed by atoms with van der Waals surface area (Å²) in [6.45, 7) is 5.57. The summed E-state index contributed by atoms with van der Waals surface area (Å²) in [4.78, 5) is 0. The summed E-state index contributed by atoms with van der Waals surface area (Å²) in [6, 6.07) is 16.2. The Morgan fingerprint density at radius 3 is 2.53 bits per heavy atom. The maximum Gasteiger partial charge on any atom is 0.0914 e. The zero-order valence-corrected chi connectivity index (χ0v) is 11.6. The van der Waals surface area contributed by atoms with Crippen LogP contribution in [-0.4, -0.2) is 11.7 Å². The number of aliphatic hydroxyl groups is 1. The molecule has 2 nitrogen and oxygen atoms in total. The van der Waals surface area contributed by atoms with Crippen LogP contribution < -0.4 is 5.32 Å². The molecule has 0 radical (unpaired) electrons. The lowest BCUT2D eigenvalue weighted by Crippen LogP contribution is -2.21. The molecule has 100 valence electrons. The van der Waals surface area contributed by atoms with E-state index in [1.807, 2.05) is 30.3 Å². The largest absolute Gasteiger partial charge is 0.387 e. The molecule has 2 aromatic rings. The molecule has 2 N–H and O–H groups in total. The van der Waals surface area contributed by atoms with Crippen molar-refractivity contribution in [3.05, 3.63) is 70.8 Å². The van der Waals surface area contributed by atoms with Crippen molar-refractivity contribution in [1.82, 2.24) is 5.32 Å². The Kier molecular flexibility index (Phi) is 4.72. The van der Waals surface area contributed by atoms with Crippen molar-refractivity contribution in [2.75, 3.05) is 6.54 Å². The molecule has 2 aromatic carbocycles. The summed E-state index contributed by atoms with van der Waals surface area (Å²) in [6.07, 6.45) is -0.452. The molecule has 0 saturated heterocycles. The van der Waals surface area contributed by atoms with Gasteiger partial charge in [0.25, 0.3) is 0 Å². The maximum absolute atomic E-state index is 10.1. The highest BCUT2D eigenvalue weighted by atomic mass is 16.3. The topological polar surface area (TPSA) is 32.3 Å². The number of hydrogen-bond acceptors (Lipinski definition) is 2. The van der Waals surface area contributed by atoms with Crippen molar-refractivity contribution in [2.24, 2.45) is 0 Å². The smallest absolute Gasteiger partial charge is 0.0914 e. The quantitative estimate of drug-likeness (QED) is 0.860. The van der Waals surface area contributed by atoms with E-state index < -0.39 is 6.10 Å². The third-order valence-electron chi connectivity index (χ3n) is 3.34. The van der Waals surface area contributed by atoms with Gasteiger partial charge in [0.05, 0.1) is 6.10 Å². The average molecular weight is 255 g/mol. The minimum Gasteiger partial charge on any atom is -0.387 e. The van der Waals surface area contributed by atoms with Gasteiger partial charge in [0.2, 0.25) is 0 Å². The van der Waals surface area contributed by atoms with Crippen LogP contribution in [0.25, 0.3) is 0 Å². The molecular weight excluding hydrogens is 234 g/mol. The fourth-order valence-corrected chi connectivity index (χ4v) is 2.13. The third kappa shape index (κ3) is 3.91. The van der Waals surface area contributed by atoms with Gasteiger partial charge >= 0.3 is 0 Å². The lowest BCUT2D eigenvalue weighted by molar-refractivity contribution is 0.174. The van der Waals surface area contributed by atoms with Gasteiger partial charge in [-0.2, -0.15) is 0 Å². The van der Waals surface area contributed by atoms with Crippen LogP contribution in [0.15, 0.2) is 48.5 Å². The van der Waals surface area contributed by atoms with E-state index in [1.54, 1.807) is 0 Å². The second-order valence-corrected chi connectivity index (χ2v) is 4.99. The fraction of sp³-hybridized carbons (Fsp3) is 0.294. The first-order valence-corrected chi connectivity index (χ1v) is 6.66. The van der Waals surface area contributed by atoms with Gasteiger partial charge in [-0.1, -0.05) is 54.1 Å². The van der Waals surface area contributed by atoms with Crippen LogP contribution in [0.2, 0.25) is 0 Å².